The minimum atomic E-state index is 0.365. The molecule has 0 amide bonds. The molecule has 1 heterocycles. The summed E-state index contributed by atoms with van der Waals surface area (Å²) >= 11 is 0. The Bertz CT molecular complexity index is 581. The summed E-state index contributed by atoms with van der Waals surface area (Å²) in [5.74, 6) is 0.787. The third-order valence-electron chi connectivity index (χ3n) is 3.67. The normalized spacial score (nSPS) is 15.2. The van der Waals surface area contributed by atoms with E-state index < -0.39 is 0 Å². The highest BCUT2D eigenvalue weighted by Crippen LogP contribution is 2.31. The molecular formula is C15H18N2O. The van der Waals surface area contributed by atoms with Gasteiger partial charge in [0.15, 0.2) is 0 Å². The second-order valence-corrected chi connectivity index (χ2v) is 5.02. The third kappa shape index (κ3) is 2.05. The maximum atomic E-state index is 11.8. The van der Waals surface area contributed by atoms with E-state index in [1.807, 2.05) is 16.8 Å². The Morgan fingerprint density at radius 3 is 2.89 bits per heavy atom. The van der Waals surface area contributed by atoms with E-state index in [-0.39, 0.29) is 0 Å². The van der Waals surface area contributed by atoms with Crippen molar-refractivity contribution in [2.24, 2.45) is 5.92 Å². The van der Waals surface area contributed by atoms with Crippen molar-refractivity contribution in [2.45, 2.75) is 39.2 Å². The van der Waals surface area contributed by atoms with E-state index >= 15 is 0 Å². The van der Waals surface area contributed by atoms with Gasteiger partial charge in [-0.15, -0.1) is 0 Å². The number of hydrogen-bond acceptors (Lipinski definition) is 2. The van der Waals surface area contributed by atoms with E-state index in [0.717, 1.165) is 31.5 Å². The molecule has 0 atom stereocenters. The summed E-state index contributed by atoms with van der Waals surface area (Å²) in [4.78, 5) is 11.8. The lowest BCUT2D eigenvalue weighted by atomic mass is 10.1. The van der Waals surface area contributed by atoms with Crippen LogP contribution in [0.3, 0.4) is 0 Å². The Labute approximate surface area is 107 Å². The Kier molecular flexibility index (Phi) is 2.90. The predicted octanol–water partition coefficient (Wildman–Crippen LogP) is 2.97. The van der Waals surface area contributed by atoms with Crippen LogP contribution < -0.4 is 0 Å². The van der Waals surface area contributed by atoms with Gasteiger partial charge in [-0.1, -0.05) is 18.2 Å². The maximum Gasteiger partial charge on any atom is 0.136 e. The van der Waals surface area contributed by atoms with E-state index in [9.17, 15) is 4.79 Å². The van der Waals surface area contributed by atoms with Crippen LogP contribution >= 0.6 is 0 Å². The number of para-hydroxylation sites is 1. The van der Waals surface area contributed by atoms with Crippen LogP contribution in [0.1, 0.15) is 31.9 Å². The number of carbonyl (C=O) groups is 1. The Balaban J connectivity index is 1.84. The summed E-state index contributed by atoms with van der Waals surface area (Å²) in [6, 6.07) is 8.27. The van der Waals surface area contributed by atoms with Gasteiger partial charge in [0.1, 0.15) is 5.78 Å². The van der Waals surface area contributed by atoms with Crippen LogP contribution in [-0.4, -0.2) is 15.6 Å². The molecule has 1 fully saturated rings. The number of fused-ring (bicyclic) bond motifs is 1. The lowest BCUT2D eigenvalue weighted by Crippen LogP contribution is -2.03. The quantitative estimate of drug-likeness (QED) is 0.808. The zero-order valence-corrected chi connectivity index (χ0v) is 10.7. The van der Waals surface area contributed by atoms with Gasteiger partial charge in [0.25, 0.3) is 0 Å². The number of aryl methyl sites for hydroxylation is 2. The van der Waals surface area contributed by atoms with E-state index in [4.69, 9.17) is 0 Å². The van der Waals surface area contributed by atoms with Crippen LogP contribution in [0.5, 0.6) is 0 Å². The number of ketones is 1. The van der Waals surface area contributed by atoms with Gasteiger partial charge in [0.05, 0.1) is 11.2 Å². The fourth-order valence-corrected chi connectivity index (χ4v) is 2.47. The number of aromatic nitrogens is 2. The predicted molar refractivity (Wildman–Crippen MR) is 71.5 cm³/mol. The molecule has 1 aliphatic carbocycles. The van der Waals surface area contributed by atoms with Crippen LogP contribution in [0.2, 0.25) is 0 Å². The number of carbonyl (C=O) groups excluding carboxylic acids is 1. The fourth-order valence-electron chi connectivity index (χ4n) is 2.47. The lowest BCUT2D eigenvalue weighted by molar-refractivity contribution is -0.120. The van der Waals surface area contributed by atoms with Gasteiger partial charge >= 0.3 is 0 Å². The lowest BCUT2D eigenvalue weighted by Gasteiger charge is -1.97. The highest BCUT2D eigenvalue weighted by Gasteiger charge is 2.29. The summed E-state index contributed by atoms with van der Waals surface area (Å²) in [6.07, 6.45) is 3.63. The molecule has 94 valence electrons. The first-order valence-electron chi connectivity index (χ1n) is 6.76. The monoisotopic (exact) mass is 242 g/mol. The molecule has 3 rings (SSSR count). The largest absolute Gasteiger partial charge is 0.299 e. The second kappa shape index (κ2) is 4.56. The second-order valence-electron chi connectivity index (χ2n) is 5.02. The van der Waals surface area contributed by atoms with Gasteiger partial charge < -0.3 is 0 Å². The minimum absolute atomic E-state index is 0.365. The van der Waals surface area contributed by atoms with E-state index in [2.05, 4.69) is 24.2 Å². The smallest absolute Gasteiger partial charge is 0.136 e. The molecule has 0 aliphatic heterocycles. The first-order valence-corrected chi connectivity index (χ1v) is 6.76. The molecule has 1 aromatic heterocycles. The Morgan fingerprint density at radius 1 is 1.39 bits per heavy atom. The number of Topliss-reactive ketones (excluding diaryl/α,β-unsaturated/α-hetero) is 1. The molecular weight excluding hydrogens is 224 g/mol. The first kappa shape index (κ1) is 11.5. The standard InChI is InChI=1S/C15H18N2O/c1-2-17-14-6-4-3-5-12(14)13(16-17)9-10-15(18)11-7-8-11/h3-6,11H,2,7-10H2,1H3. The molecule has 1 aliphatic rings. The fraction of sp³-hybridized carbons (Fsp3) is 0.467. The highest BCUT2D eigenvalue weighted by atomic mass is 16.1. The molecule has 0 unspecified atom stereocenters. The van der Waals surface area contributed by atoms with Crippen LogP contribution in [-0.2, 0) is 17.8 Å². The summed E-state index contributed by atoms with van der Waals surface area (Å²) in [5, 5.41) is 5.82. The van der Waals surface area contributed by atoms with Gasteiger partial charge in [0, 0.05) is 24.3 Å². The summed E-state index contributed by atoms with van der Waals surface area (Å²) in [6.45, 7) is 2.97. The van der Waals surface area contributed by atoms with Gasteiger partial charge in [-0.2, -0.15) is 5.10 Å². The van der Waals surface area contributed by atoms with Crippen molar-refractivity contribution in [3.63, 3.8) is 0 Å². The summed E-state index contributed by atoms with van der Waals surface area (Å²) < 4.78 is 2.02. The minimum Gasteiger partial charge on any atom is -0.299 e. The topological polar surface area (TPSA) is 34.9 Å². The van der Waals surface area contributed by atoms with Crippen LogP contribution in [0, 0.1) is 5.92 Å². The van der Waals surface area contributed by atoms with Gasteiger partial charge in [-0.05, 0) is 32.3 Å². The molecule has 18 heavy (non-hydrogen) atoms. The molecule has 0 N–H and O–H groups in total. The highest BCUT2D eigenvalue weighted by molar-refractivity contribution is 5.85. The van der Waals surface area contributed by atoms with Crippen LogP contribution in [0.25, 0.3) is 10.9 Å². The molecule has 2 aromatic rings. The number of hydrogen-bond donors (Lipinski definition) is 0. The number of nitrogens with zero attached hydrogens (tertiary/aromatic N) is 2. The zero-order chi connectivity index (χ0) is 12.5. The van der Waals surface area contributed by atoms with Crippen molar-refractivity contribution in [2.75, 3.05) is 0 Å². The SMILES string of the molecule is CCn1nc(CCC(=O)C2CC2)c2ccccc21. The zero-order valence-electron chi connectivity index (χ0n) is 10.7. The molecule has 1 saturated carbocycles. The van der Waals surface area contributed by atoms with Crippen molar-refractivity contribution < 1.29 is 4.79 Å². The van der Waals surface area contributed by atoms with Gasteiger partial charge in [-0.25, -0.2) is 0 Å². The average Bonchev–Trinajstić information content (AvgIpc) is 3.19. The molecule has 0 radical (unpaired) electrons. The Hall–Kier alpha value is -1.64. The third-order valence-corrected chi connectivity index (χ3v) is 3.67. The number of rotatable bonds is 5. The summed E-state index contributed by atoms with van der Waals surface area (Å²) in [7, 11) is 0. The van der Waals surface area contributed by atoms with E-state index in [1.54, 1.807) is 0 Å². The van der Waals surface area contributed by atoms with Crippen molar-refractivity contribution in [1.29, 1.82) is 0 Å². The van der Waals surface area contributed by atoms with Gasteiger partial charge in [0.2, 0.25) is 0 Å². The van der Waals surface area contributed by atoms with Crippen LogP contribution in [0.4, 0.5) is 0 Å². The maximum absolute atomic E-state index is 11.8. The van der Waals surface area contributed by atoms with Crippen molar-refractivity contribution in [1.82, 2.24) is 9.78 Å². The average molecular weight is 242 g/mol. The van der Waals surface area contributed by atoms with E-state index in [1.165, 1.54) is 10.9 Å². The molecule has 0 spiro atoms. The molecule has 3 nitrogen and oxygen atoms in total. The summed E-state index contributed by atoms with van der Waals surface area (Å²) in [5.41, 5.74) is 2.25. The first-order chi connectivity index (χ1) is 8.79. The van der Waals surface area contributed by atoms with Crippen molar-refractivity contribution in [3.05, 3.63) is 30.0 Å². The molecule has 0 saturated heterocycles. The number of benzene rings is 1. The molecule has 3 heteroatoms. The molecule has 0 bridgehead atoms. The molecule has 1 aromatic carbocycles. The Morgan fingerprint density at radius 2 is 2.17 bits per heavy atom. The van der Waals surface area contributed by atoms with Gasteiger partial charge in [-0.3, -0.25) is 9.48 Å². The van der Waals surface area contributed by atoms with E-state index in [0.29, 0.717) is 18.1 Å². The van der Waals surface area contributed by atoms with Crippen molar-refractivity contribution in [3.8, 4) is 0 Å². The van der Waals surface area contributed by atoms with Crippen LogP contribution in [0.15, 0.2) is 24.3 Å². The van der Waals surface area contributed by atoms with Crippen molar-refractivity contribution >= 4 is 16.7 Å².